The number of carbonyl (C=O) groups is 4. The second-order valence-electron chi connectivity index (χ2n) is 10.8. The van der Waals surface area contributed by atoms with Crippen molar-refractivity contribution in [3.8, 4) is 5.75 Å². The summed E-state index contributed by atoms with van der Waals surface area (Å²) in [6.07, 6.45) is 0.878. The van der Waals surface area contributed by atoms with Gasteiger partial charge in [0.2, 0.25) is 11.7 Å². The Hall–Kier alpha value is -2.84. The lowest BCUT2D eigenvalue weighted by Gasteiger charge is -2.50. The van der Waals surface area contributed by atoms with Gasteiger partial charge < -0.3 is 36.4 Å². The molecule has 0 aromatic heterocycles. The maximum absolute atomic E-state index is 14.0. The highest BCUT2D eigenvalue weighted by molar-refractivity contribution is 9.09. The molecule has 0 bridgehead atoms. The molecule has 0 radical (unpaired) electrons. The first-order valence-electron chi connectivity index (χ1n) is 12.7. The molecule has 3 aliphatic rings. The van der Waals surface area contributed by atoms with E-state index in [1.807, 2.05) is 0 Å². The van der Waals surface area contributed by atoms with Gasteiger partial charge in [-0.15, -0.1) is 24.8 Å². The van der Waals surface area contributed by atoms with Gasteiger partial charge in [-0.3, -0.25) is 24.1 Å². The number of benzene rings is 1. The second kappa shape index (κ2) is 12.8. The maximum Gasteiger partial charge on any atom is 0.255 e. The SMILES string of the molecule is CN(C)c1cc(NC(=O)CCCBr)c(O)c2c1CC1CC3[C@H](N(C)C)C(=O)C(C(N)=O)=C(O)C3(O)C(=O)C1=C2O.Cl.Cl. The van der Waals surface area contributed by atoms with Crippen molar-refractivity contribution in [2.75, 3.05) is 43.7 Å². The highest BCUT2D eigenvalue weighted by atomic mass is 79.9. The lowest BCUT2D eigenvalue weighted by atomic mass is 9.57. The van der Waals surface area contributed by atoms with Gasteiger partial charge in [-0.2, -0.15) is 0 Å². The summed E-state index contributed by atoms with van der Waals surface area (Å²) in [5.74, 6) is -7.62. The zero-order chi connectivity index (χ0) is 29.8. The Morgan fingerprint density at radius 3 is 2.29 bits per heavy atom. The van der Waals surface area contributed by atoms with E-state index in [0.29, 0.717) is 23.0 Å². The van der Waals surface area contributed by atoms with Crippen LogP contribution in [0.3, 0.4) is 0 Å². The summed E-state index contributed by atoms with van der Waals surface area (Å²) in [5, 5.41) is 48.6. The van der Waals surface area contributed by atoms with Crippen LogP contribution in [0, 0.1) is 11.8 Å². The number of primary amides is 1. The van der Waals surface area contributed by atoms with Crippen LogP contribution in [0.5, 0.6) is 5.75 Å². The molecular weight excluding hydrogens is 659 g/mol. The number of nitrogens with two attached hydrogens (primary N) is 1. The number of carbonyl (C=O) groups excluding carboxylic acids is 4. The normalized spacial score (nSPS) is 24.7. The molecule has 0 spiro atoms. The van der Waals surface area contributed by atoms with Crippen LogP contribution in [0.25, 0.3) is 5.76 Å². The molecule has 4 rings (SSSR count). The first-order chi connectivity index (χ1) is 18.7. The van der Waals surface area contributed by atoms with Gasteiger partial charge in [-0.05, 0) is 50.9 Å². The van der Waals surface area contributed by atoms with Crippen molar-refractivity contribution < 1.29 is 39.6 Å². The number of alkyl halides is 1. The van der Waals surface area contributed by atoms with Crippen molar-refractivity contribution in [2.45, 2.75) is 37.3 Å². The number of aliphatic hydroxyl groups is 3. The molecule has 3 aliphatic carbocycles. The molecule has 0 saturated heterocycles. The van der Waals surface area contributed by atoms with Gasteiger partial charge in [0, 0.05) is 43.0 Å². The topological polar surface area (TPSA) is 194 Å². The monoisotopic (exact) mass is 692 g/mol. The number of nitrogens with one attached hydrogen (secondary N) is 1. The molecule has 1 aromatic rings. The number of phenolic OH excluding ortho intramolecular Hbond substituents is 1. The van der Waals surface area contributed by atoms with E-state index in [1.165, 1.54) is 4.90 Å². The number of hydrogen-bond donors (Lipinski definition) is 6. The van der Waals surface area contributed by atoms with Crippen LogP contribution in [-0.2, 0) is 25.6 Å². The number of Topliss-reactive ketones (excluding diaryl/α,β-unsaturated/α-hetero) is 2. The van der Waals surface area contributed by atoms with Crippen molar-refractivity contribution in [1.29, 1.82) is 0 Å². The summed E-state index contributed by atoms with van der Waals surface area (Å²) < 4.78 is 0. The fourth-order valence-electron chi connectivity index (χ4n) is 6.23. The highest BCUT2D eigenvalue weighted by Gasteiger charge is 2.64. The summed E-state index contributed by atoms with van der Waals surface area (Å²) in [6, 6.07) is 0.427. The van der Waals surface area contributed by atoms with Gasteiger partial charge in [-0.25, -0.2) is 0 Å². The fourth-order valence-corrected chi connectivity index (χ4v) is 6.51. The van der Waals surface area contributed by atoms with Crippen LogP contribution in [0.4, 0.5) is 11.4 Å². The van der Waals surface area contributed by atoms with Gasteiger partial charge >= 0.3 is 0 Å². The highest BCUT2D eigenvalue weighted by Crippen LogP contribution is 2.54. The van der Waals surface area contributed by atoms with Crippen molar-refractivity contribution in [1.82, 2.24) is 4.90 Å². The van der Waals surface area contributed by atoms with E-state index in [0.717, 1.165) is 0 Å². The fraction of sp³-hybridized carbons (Fsp3) is 0.481. The van der Waals surface area contributed by atoms with E-state index in [2.05, 4.69) is 21.2 Å². The predicted octanol–water partition coefficient (Wildman–Crippen LogP) is 1.99. The molecule has 0 aliphatic heterocycles. The van der Waals surface area contributed by atoms with Crippen LogP contribution in [0.2, 0.25) is 0 Å². The maximum atomic E-state index is 14.0. The second-order valence-corrected chi connectivity index (χ2v) is 11.6. The third-order valence-electron chi connectivity index (χ3n) is 7.99. The Balaban J connectivity index is 0.00000308. The van der Waals surface area contributed by atoms with Crippen LogP contribution in [0.15, 0.2) is 23.0 Å². The zero-order valence-corrected chi connectivity index (χ0v) is 26.7. The molecule has 2 amide bonds. The van der Waals surface area contributed by atoms with Gasteiger partial charge in [0.15, 0.2) is 11.4 Å². The minimum absolute atomic E-state index is 0. The van der Waals surface area contributed by atoms with E-state index in [4.69, 9.17) is 5.73 Å². The molecule has 4 atom stereocenters. The Bertz CT molecular complexity index is 1400. The number of phenols is 1. The Labute approximate surface area is 263 Å². The number of amides is 2. The predicted molar refractivity (Wildman–Crippen MR) is 165 cm³/mol. The summed E-state index contributed by atoms with van der Waals surface area (Å²) in [5.41, 5.74) is 2.54. The van der Waals surface area contributed by atoms with Crippen LogP contribution >= 0.6 is 40.7 Å². The summed E-state index contributed by atoms with van der Waals surface area (Å²) >= 11 is 3.27. The number of anilines is 2. The lowest BCUT2D eigenvalue weighted by Crippen LogP contribution is -2.65. The van der Waals surface area contributed by atoms with Crippen LogP contribution in [-0.4, -0.2) is 93.9 Å². The standard InChI is InChI=1S/C27H33BrN4O8.2ClH/c1-31(2)15-10-14(30-16(33)6-5-7-28)21(34)18-12(15)8-11-9-13-20(32(3)4)23(36)19(26(29)39)25(38)27(13,40)24(37)17(11)22(18)35;;/h10-11,13,20,34-35,38,40H,5-9H2,1-4H3,(H2,29,39)(H,30,33);2*1H/t11?,13?,20-,27?;;/m0../s1. The third-order valence-corrected chi connectivity index (χ3v) is 8.55. The Morgan fingerprint density at radius 1 is 1.14 bits per heavy atom. The molecule has 1 fully saturated rings. The number of rotatable bonds is 7. The Kier molecular flexibility index (Phi) is 10.8. The van der Waals surface area contributed by atoms with Crippen molar-refractivity contribution in [2.24, 2.45) is 17.6 Å². The number of aliphatic hydroxyl groups excluding tert-OH is 2. The number of aromatic hydroxyl groups is 1. The van der Waals surface area contributed by atoms with E-state index in [1.54, 1.807) is 39.2 Å². The number of nitrogens with zero attached hydrogens (tertiary/aromatic N) is 2. The molecule has 1 aromatic carbocycles. The van der Waals surface area contributed by atoms with Crippen LogP contribution < -0.4 is 16.0 Å². The smallest absolute Gasteiger partial charge is 0.255 e. The van der Waals surface area contributed by atoms with Crippen molar-refractivity contribution >= 4 is 81.3 Å². The first kappa shape index (κ1) is 35.4. The average molecular weight is 694 g/mol. The number of ketones is 2. The van der Waals surface area contributed by atoms with Gasteiger partial charge in [-0.1, -0.05) is 15.9 Å². The van der Waals surface area contributed by atoms with E-state index >= 15 is 0 Å². The molecule has 1 saturated carbocycles. The zero-order valence-electron chi connectivity index (χ0n) is 23.4. The molecule has 12 nitrogen and oxygen atoms in total. The summed E-state index contributed by atoms with van der Waals surface area (Å²) in [6.45, 7) is 0. The quantitative estimate of drug-likeness (QED) is 0.140. The number of hydrogen-bond acceptors (Lipinski definition) is 10. The van der Waals surface area contributed by atoms with Crippen LogP contribution in [0.1, 0.15) is 30.4 Å². The largest absolute Gasteiger partial charge is 0.508 e. The Morgan fingerprint density at radius 2 is 1.76 bits per heavy atom. The summed E-state index contributed by atoms with van der Waals surface area (Å²) in [7, 11) is 6.59. The molecular formula is C27H35BrCl2N4O8. The van der Waals surface area contributed by atoms with E-state index < -0.39 is 63.8 Å². The average Bonchev–Trinajstić information content (AvgIpc) is 2.85. The molecule has 7 N–H and O–H groups in total. The van der Waals surface area contributed by atoms with Gasteiger partial charge in [0.05, 0.1) is 17.3 Å². The van der Waals surface area contributed by atoms with E-state index in [9.17, 15) is 39.6 Å². The number of halogens is 3. The first-order valence-corrected chi connectivity index (χ1v) is 13.9. The third kappa shape index (κ3) is 5.37. The van der Waals surface area contributed by atoms with E-state index in [-0.39, 0.29) is 66.8 Å². The molecule has 15 heteroatoms. The van der Waals surface area contributed by atoms with Crippen molar-refractivity contribution in [3.63, 3.8) is 0 Å². The molecule has 232 valence electrons. The minimum atomic E-state index is -2.72. The van der Waals surface area contributed by atoms with Crippen molar-refractivity contribution in [3.05, 3.63) is 34.1 Å². The molecule has 42 heavy (non-hydrogen) atoms. The minimum Gasteiger partial charge on any atom is -0.508 e. The number of fused-ring (bicyclic) bond motifs is 3. The molecule has 0 heterocycles. The number of likely N-dealkylation sites (N-methyl/N-ethyl adjacent to an activating group) is 1. The lowest BCUT2D eigenvalue weighted by molar-refractivity contribution is -0.153. The van der Waals surface area contributed by atoms with Gasteiger partial charge in [0.25, 0.3) is 5.91 Å². The molecule has 3 unspecified atom stereocenters. The van der Waals surface area contributed by atoms with Gasteiger partial charge in [0.1, 0.15) is 22.8 Å². The summed E-state index contributed by atoms with van der Waals surface area (Å²) in [4.78, 5) is 55.0.